The van der Waals surface area contributed by atoms with Gasteiger partial charge in [0.15, 0.2) is 9.76 Å². The number of carboxylic acid groups (broad SMARTS) is 1. The molecule has 0 saturated heterocycles. The van der Waals surface area contributed by atoms with E-state index in [4.69, 9.17) is 9.53 Å². The monoisotopic (exact) mass is 272 g/mol. The van der Waals surface area contributed by atoms with Crippen molar-refractivity contribution in [3.05, 3.63) is 12.2 Å². The number of aliphatic carboxylic acids is 1. The Hall–Kier alpha value is -0.613. The third kappa shape index (κ3) is 9.42. The van der Waals surface area contributed by atoms with Gasteiger partial charge in [-0.25, -0.2) is 4.79 Å². The summed E-state index contributed by atoms with van der Waals surface area (Å²) in [5.41, 5.74) is 1.03. The van der Waals surface area contributed by atoms with Crippen molar-refractivity contribution in [1.29, 1.82) is 0 Å². The summed E-state index contributed by atoms with van der Waals surface area (Å²) in [6.07, 6.45) is 9.07. The predicted octanol–water partition coefficient (Wildman–Crippen LogP) is 3.29. The fourth-order valence-electron chi connectivity index (χ4n) is 2.12. The average molecular weight is 272 g/mol. The van der Waals surface area contributed by atoms with Gasteiger partial charge >= 0.3 is 5.97 Å². The van der Waals surface area contributed by atoms with Crippen molar-refractivity contribution in [3.63, 3.8) is 0 Å². The van der Waals surface area contributed by atoms with Crippen molar-refractivity contribution < 1.29 is 14.3 Å². The second-order valence-electron chi connectivity index (χ2n) is 4.97. The van der Waals surface area contributed by atoms with Crippen molar-refractivity contribution in [2.45, 2.75) is 63.8 Å². The molecule has 0 fully saturated rings. The Balaban J connectivity index is 3.75. The van der Waals surface area contributed by atoms with Crippen LogP contribution in [-0.2, 0) is 9.22 Å². The lowest BCUT2D eigenvalue weighted by molar-refractivity contribution is -0.132. The van der Waals surface area contributed by atoms with Crippen LogP contribution in [0.4, 0.5) is 0 Å². The van der Waals surface area contributed by atoms with Gasteiger partial charge in [-0.3, -0.25) is 0 Å². The standard InChI is InChI=1S/C14H28O3Si/c1-4-5-6-7-10-13(18-17-3)11-8-9-12(2)14(15)16/h13H,2,4-11,18H2,1,3H3,(H,15,16). The largest absolute Gasteiger partial charge is 0.478 e. The lowest BCUT2D eigenvalue weighted by Gasteiger charge is -2.15. The maximum Gasteiger partial charge on any atom is 0.330 e. The van der Waals surface area contributed by atoms with E-state index >= 15 is 0 Å². The number of rotatable bonds is 12. The van der Waals surface area contributed by atoms with Crippen molar-refractivity contribution in [2.24, 2.45) is 0 Å². The molecule has 1 N–H and O–H groups in total. The Morgan fingerprint density at radius 2 is 1.94 bits per heavy atom. The molecule has 0 aromatic heterocycles. The number of unbranched alkanes of at least 4 members (excludes halogenated alkanes) is 3. The highest BCUT2D eigenvalue weighted by molar-refractivity contribution is 6.29. The van der Waals surface area contributed by atoms with Crippen LogP contribution in [0, 0.1) is 0 Å². The highest BCUT2D eigenvalue weighted by Crippen LogP contribution is 2.23. The first kappa shape index (κ1) is 17.4. The zero-order valence-electron chi connectivity index (χ0n) is 11.9. The number of hydrogen-bond acceptors (Lipinski definition) is 2. The Labute approximate surface area is 114 Å². The summed E-state index contributed by atoms with van der Waals surface area (Å²) in [5.74, 6) is -0.863. The molecular formula is C14H28O3Si. The molecule has 0 aliphatic carbocycles. The van der Waals surface area contributed by atoms with Gasteiger partial charge < -0.3 is 9.53 Å². The molecule has 0 heterocycles. The van der Waals surface area contributed by atoms with Crippen LogP contribution in [0.25, 0.3) is 0 Å². The minimum atomic E-state index is -0.863. The lowest BCUT2D eigenvalue weighted by atomic mass is 10.0. The van der Waals surface area contributed by atoms with Crippen molar-refractivity contribution in [3.8, 4) is 0 Å². The minimum Gasteiger partial charge on any atom is -0.478 e. The number of hydrogen-bond donors (Lipinski definition) is 1. The van der Waals surface area contributed by atoms with Crippen molar-refractivity contribution in [1.82, 2.24) is 0 Å². The molecule has 0 amide bonds. The fraction of sp³-hybridized carbons (Fsp3) is 0.786. The van der Waals surface area contributed by atoms with E-state index in [0.29, 0.717) is 17.5 Å². The Morgan fingerprint density at radius 1 is 1.28 bits per heavy atom. The third-order valence-electron chi connectivity index (χ3n) is 3.26. The number of carbonyl (C=O) groups is 1. The zero-order valence-corrected chi connectivity index (χ0v) is 13.3. The summed E-state index contributed by atoms with van der Waals surface area (Å²) in [5, 5.41) is 8.74. The van der Waals surface area contributed by atoms with Gasteiger partial charge in [-0.2, -0.15) is 0 Å². The van der Waals surface area contributed by atoms with Crippen LogP contribution in [0.5, 0.6) is 0 Å². The van der Waals surface area contributed by atoms with E-state index in [1.807, 2.05) is 0 Å². The summed E-state index contributed by atoms with van der Waals surface area (Å²) in [6, 6.07) is 0. The topological polar surface area (TPSA) is 46.5 Å². The van der Waals surface area contributed by atoms with Gasteiger partial charge in [-0.15, -0.1) is 0 Å². The molecule has 0 bridgehead atoms. The molecule has 0 aromatic carbocycles. The molecule has 0 aliphatic heterocycles. The number of carboxylic acids is 1. The normalized spacial score (nSPS) is 13.0. The van der Waals surface area contributed by atoms with E-state index in [1.54, 1.807) is 7.11 Å². The second kappa shape index (κ2) is 11.5. The quantitative estimate of drug-likeness (QED) is 0.337. The Kier molecular flexibility index (Phi) is 11.1. The average Bonchev–Trinajstić information content (AvgIpc) is 2.34. The van der Waals surface area contributed by atoms with Gasteiger partial charge in [0, 0.05) is 12.7 Å². The molecule has 0 aromatic rings. The van der Waals surface area contributed by atoms with Gasteiger partial charge in [0.25, 0.3) is 0 Å². The summed E-state index contributed by atoms with van der Waals surface area (Å²) < 4.78 is 5.37. The fourth-order valence-corrected chi connectivity index (χ4v) is 3.50. The Bertz CT molecular complexity index is 241. The van der Waals surface area contributed by atoms with Crippen LogP contribution >= 0.6 is 0 Å². The highest BCUT2D eigenvalue weighted by Gasteiger charge is 2.11. The third-order valence-corrected chi connectivity index (χ3v) is 4.88. The van der Waals surface area contributed by atoms with Crippen molar-refractivity contribution >= 4 is 15.7 Å². The van der Waals surface area contributed by atoms with Crippen molar-refractivity contribution in [2.75, 3.05) is 7.11 Å². The molecule has 0 spiro atoms. The summed E-state index contributed by atoms with van der Waals surface area (Å²) in [7, 11) is 1.35. The van der Waals surface area contributed by atoms with Crippen LogP contribution in [0.15, 0.2) is 12.2 Å². The van der Waals surface area contributed by atoms with Crippen LogP contribution < -0.4 is 0 Å². The Morgan fingerprint density at radius 3 is 2.50 bits per heavy atom. The highest BCUT2D eigenvalue weighted by atomic mass is 28.2. The molecule has 1 unspecified atom stereocenters. The first-order valence-corrected chi connectivity index (χ1v) is 8.41. The maximum absolute atomic E-state index is 10.6. The van der Waals surface area contributed by atoms with E-state index in [0.717, 1.165) is 12.8 Å². The van der Waals surface area contributed by atoms with Crippen LogP contribution in [0.2, 0.25) is 5.54 Å². The van der Waals surface area contributed by atoms with Crippen LogP contribution in [0.1, 0.15) is 58.3 Å². The molecule has 106 valence electrons. The molecule has 0 rings (SSSR count). The molecule has 18 heavy (non-hydrogen) atoms. The van der Waals surface area contributed by atoms with Gasteiger partial charge in [0.05, 0.1) is 0 Å². The molecule has 4 heteroatoms. The van der Waals surface area contributed by atoms with Gasteiger partial charge in [-0.1, -0.05) is 52.0 Å². The van der Waals surface area contributed by atoms with Gasteiger partial charge in [-0.05, 0) is 18.4 Å². The molecule has 1 atom stereocenters. The smallest absolute Gasteiger partial charge is 0.330 e. The van der Waals surface area contributed by atoms with Gasteiger partial charge in [0.1, 0.15) is 0 Å². The van der Waals surface area contributed by atoms with Crippen LogP contribution in [0.3, 0.4) is 0 Å². The summed E-state index contributed by atoms with van der Waals surface area (Å²) in [6.45, 7) is 5.79. The molecule has 0 saturated carbocycles. The van der Waals surface area contributed by atoms with E-state index in [9.17, 15) is 4.79 Å². The van der Waals surface area contributed by atoms with E-state index < -0.39 is 15.7 Å². The maximum atomic E-state index is 10.6. The first-order valence-electron chi connectivity index (χ1n) is 7.01. The molecule has 0 aliphatic rings. The lowest BCUT2D eigenvalue weighted by Crippen LogP contribution is -2.07. The zero-order chi connectivity index (χ0) is 13.8. The molecular weight excluding hydrogens is 244 g/mol. The SMILES string of the molecule is C=C(CCCC(CCCCCC)[SiH2]OC)C(=O)O. The minimum absolute atomic E-state index is 0.332. The summed E-state index contributed by atoms with van der Waals surface area (Å²) in [4.78, 5) is 10.6. The first-order chi connectivity index (χ1) is 8.61. The van der Waals surface area contributed by atoms with Crippen LogP contribution in [-0.4, -0.2) is 27.9 Å². The predicted molar refractivity (Wildman–Crippen MR) is 78.7 cm³/mol. The van der Waals surface area contributed by atoms with E-state index in [2.05, 4.69) is 13.5 Å². The second-order valence-corrected chi connectivity index (χ2v) is 7.04. The molecule has 3 nitrogen and oxygen atoms in total. The van der Waals surface area contributed by atoms with Gasteiger partial charge in [0.2, 0.25) is 0 Å². The summed E-state index contributed by atoms with van der Waals surface area (Å²) >= 11 is 0. The van der Waals surface area contributed by atoms with E-state index in [-0.39, 0.29) is 0 Å². The van der Waals surface area contributed by atoms with E-state index in [1.165, 1.54) is 32.1 Å². The molecule has 0 radical (unpaired) electrons.